The highest BCUT2D eigenvalue weighted by Gasteiger charge is 2.82. The van der Waals surface area contributed by atoms with Crippen LogP contribution in [0.1, 0.15) is 99.3 Å². The molecule has 36 heavy (non-hydrogen) atoms. The Bertz CT molecular complexity index is 893. The summed E-state index contributed by atoms with van der Waals surface area (Å²) in [7, 11) is 0. The number of rotatable bonds is 5. The zero-order valence-electron chi connectivity index (χ0n) is 22.7. The molecule has 0 aromatic rings. The van der Waals surface area contributed by atoms with E-state index in [9.17, 15) is 30.0 Å². The van der Waals surface area contributed by atoms with E-state index in [1.807, 2.05) is 6.92 Å². The Morgan fingerprint density at radius 1 is 1.00 bits per heavy atom. The first-order valence-corrected chi connectivity index (χ1v) is 13.8. The molecule has 4 aliphatic rings. The van der Waals surface area contributed by atoms with Gasteiger partial charge in [-0.25, -0.2) is 0 Å². The summed E-state index contributed by atoms with van der Waals surface area (Å²) in [5.74, 6) is -1.48. The lowest BCUT2D eigenvalue weighted by Crippen LogP contribution is -2.79. The summed E-state index contributed by atoms with van der Waals surface area (Å²) in [6, 6.07) is 0. The molecule has 4 fully saturated rings. The Hall–Kier alpha value is -1.22. The number of ether oxygens (including phenoxy) is 2. The fourth-order valence-corrected chi connectivity index (χ4v) is 8.83. The highest BCUT2D eigenvalue weighted by atomic mass is 16.6. The van der Waals surface area contributed by atoms with Crippen LogP contribution >= 0.6 is 0 Å². The smallest absolute Gasteiger partial charge is 0.309 e. The lowest BCUT2D eigenvalue weighted by molar-refractivity contribution is -0.342. The second-order valence-electron chi connectivity index (χ2n) is 12.9. The van der Waals surface area contributed by atoms with Crippen molar-refractivity contribution in [2.45, 2.75) is 134 Å². The molecule has 0 aromatic heterocycles. The Balaban J connectivity index is 1.79. The molecule has 8 nitrogen and oxygen atoms in total. The minimum absolute atomic E-state index is 0.0966. The molecule has 0 spiro atoms. The number of hydrogen-bond donors (Lipinski definition) is 4. The molecule has 0 aromatic carbocycles. The predicted octanol–water partition coefficient (Wildman–Crippen LogP) is 2.87. The molecule has 0 heterocycles. The maximum absolute atomic E-state index is 12.7. The van der Waals surface area contributed by atoms with Crippen molar-refractivity contribution < 1.29 is 39.5 Å². The van der Waals surface area contributed by atoms with Crippen LogP contribution in [0.4, 0.5) is 0 Å². The average Bonchev–Trinajstić information content (AvgIpc) is 3.04. The predicted molar refractivity (Wildman–Crippen MR) is 132 cm³/mol. The lowest BCUT2D eigenvalue weighted by Gasteiger charge is -2.69. The van der Waals surface area contributed by atoms with Crippen LogP contribution in [0.3, 0.4) is 0 Å². The van der Waals surface area contributed by atoms with Crippen LogP contribution in [0.15, 0.2) is 0 Å². The van der Waals surface area contributed by atoms with Crippen LogP contribution in [0, 0.1) is 28.6 Å². The van der Waals surface area contributed by atoms with Crippen LogP contribution < -0.4 is 0 Å². The molecule has 0 saturated heterocycles. The monoisotopic (exact) mass is 510 g/mol. The van der Waals surface area contributed by atoms with Gasteiger partial charge in [0.1, 0.15) is 23.4 Å². The van der Waals surface area contributed by atoms with E-state index in [4.69, 9.17) is 9.47 Å². The molecular weight excluding hydrogens is 464 g/mol. The molecule has 4 rings (SSSR count). The first kappa shape index (κ1) is 27.8. The van der Waals surface area contributed by atoms with E-state index in [0.29, 0.717) is 38.5 Å². The number of fused-ring (bicyclic) bond motifs is 5. The van der Waals surface area contributed by atoms with Crippen molar-refractivity contribution in [3.63, 3.8) is 0 Å². The fourth-order valence-electron chi connectivity index (χ4n) is 8.83. The third-order valence-electron chi connectivity index (χ3n) is 11.5. The van der Waals surface area contributed by atoms with Crippen LogP contribution in [0.25, 0.3) is 0 Å². The maximum atomic E-state index is 12.7. The van der Waals surface area contributed by atoms with E-state index in [1.165, 1.54) is 6.92 Å². The molecule has 4 saturated carbocycles. The summed E-state index contributed by atoms with van der Waals surface area (Å²) in [4.78, 5) is 25.0. The van der Waals surface area contributed by atoms with Gasteiger partial charge in [-0.05, 0) is 82.0 Å². The molecule has 0 unspecified atom stereocenters. The topological polar surface area (TPSA) is 134 Å². The number of carbonyl (C=O) groups is 2. The second-order valence-corrected chi connectivity index (χ2v) is 12.9. The van der Waals surface area contributed by atoms with Gasteiger partial charge < -0.3 is 29.9 Å². The Kier molecular flexibility index (Phi) is 6.89. The fraction of sp³-hybridized carbons (Fsp3) is 0.929. The minimum atomic E-state index is -1.77. The van der Waals surface area contributed by atoms with Gasteiger partial charge in [0.25, 0.3) is 0 Å². The summed E-state index contributed by atoms with van der Waals surface area (Å²) in [5, 5.41) is 47.6. The van der Waals surface area contributed by atoms with Crippen LogP contribution in [-0.2, 0) is 19.1 Å². The van der Waals surface area contributed by atoms with Crippen molar-refractivity contribution in [2.75, 3.05) is 0 Å². The molecular formula is C28H46O8. The molecule has 4 aliphatic carbocycles. The van der Waals surface area contributed by atoms with E-state index < -0.39 is 46.4 Å². The van der Waals surface area contributed by atoms with E-state index in [1.54, 1.807) is 20.8 Å². The van der Waals surface area contributed by atoms with Crippen molar-refractivity contribution in [1.29, 1.82) is 0 Å². The average molecular weight is 511 g/mol. The maximum Gasteiger partial charge on any atom is 0.309 e. The Morgan fingerprint density at radius 3 is 2.28 bits per heavy atom. The zero-order chi connectivity index (χ0) is 26.9. The van der Waals surface area contributed by atoms with Gasteiger partial charge in [0, 0.05) is 6.92 Å². The number of esters is 2. The van der Waals surface area contributed by atoms with E-state index in [-0.39, 0.29) is 48.5 Å². The van der Waals surface area contributed by atoms with Gasteiger partial charge in [0.2, 0.25) is 0 Å². The summed E-state index contributed by atoms with van der Waals surface area (Å²) < 4.78 is 11.6. The molecule has 206 valence electrons. The third kappa shape index (κ3) is 3.53. The normalized spacial score (nSPS) is 49.7. The van der Waals surface area contributed by atoms with Crippen molar-refractivity contribution in [3.8, 4) is 0 Å². The first-order chi connectivity index (χ1) is 16.6. The Morgan fingerprint density at radius 2 is 1.67 bits per heavy atom. The SMILES string of the molecule is CC[C@@H](C)C(=O)O[C@@H](C)[C@]1(O)CC[C@@]2(O)[C@]1(C)[C@H](OC(C)=O)C[C@@H]1[C@@]3(C)CC[C@H](O)C[C@@H]3CC[C@]12O. The first-order valence-electron chi connectivity index (χ1n) is 13.8. The van der Waals surface area contributed by atoms with Gasteiger partial charge in [-0.2, -0.15) is 0 Å². The summed E-state index contributed by atoms with van der Waals surface area (Å²) in [5.41, 5.74) is -6.82. The standard InChI is InChI=1S/C28H46O8/c1-7-16(2)23(31)35-17(3)26(32)12-13-28(34)25(26,6)22(36-18(4)29)15-21-24(5)10-9-20(30)14-19(24)8-11-27(21,28)33/h16-17,19-22,30,32-34H,7-15H2,1-6H3/t16-,17+,19+,20+,21-,22-,24+,25-,26-,27+,28-/m1/s1. The van der Waals surface area contributed by atoms with Gasteiger partial charge in [-0.15, -0.1) is 0 Å². The lowest BCUT2D eigenvalue weighted by atomic mass is 9.40. The van der Waals surface area contributed by atoms with Crippen molar-refractivity contribution in [2.24, 2.45) is 28.6 Å². The van der Waals surface area contributed by atoms with E-state index in [0.717, 1.165) is 0 Å². The molecule has 0 aliphatic heterocycles. The summed E-state index contributed by atoms with van der Waals surface area (Å²) >= 11 is 0. The van der Waals surface area contributed by atoms with Crippen molar-refractivity contribution in [1.82, 2.24) is 0 Å². The van der Waals surface area contributed by atoms with Gasteiger partial charge in [0.05, 0.1) is 23.0 Å². The Labute approximate surface area is 214 Å². The van der Waals surface area contributed by atoms with Crippen LogP contribution in [0.5, 0.6) is 0 Å². The van der Waals surface area contributed by atoms with E-state index in [2.05, 4.69) is 6.92 Å². The highest BCUT2D eigenvalue weighted by Crippen LogP contribution is 2.72. The molecule has 0 radical (unpaired) electrons. The highest BCUT2D eigenvalue weighted by molar-refractivity contribution is 5.72. The largest absolute Gasteiger partial charge is 0.462 e. The summed E-state index contributed by atoms with van der Waals surface area (Å²) in [6.45, 7) is 10.4. The van der Waals surface area contributed by atoms with Gasteiger partial charge in [0.15, 0.2) is 0 Å². The second kappa shape index (κ2) is 8.92. The quantitative estimate of drug-likeness (QED) is 0.415. The van der Waals surface area contributed by atoms with Crippen molar-refractivity contribution >= 4 is 11.9 Å². The number of aliphatic hydroxyl groups excluding tert-OH is 1. The van der Waals surface area contributed by atoms with E-state index >= 15 is 0 Å². The molecule has 11 atom stereocenters. The number of carbonyl (C=O) groups excluding carboxylic acids is 2. The third-order valence-corrected chi connectivity index (χ3v) is 11.5. The molecule has 8 heteroatoms. The van der Waals surface area contributed by atoms with Gasteiger partial charge in [-0.3, -0.25) is 9.59 Å². The number of aliphatic hydroxyl groups is 4. The number of hydrogen-bond acceptors (Lipinski definition) is 8. The van der Waals surface area contributed by atoms with Crippen LogP contribution in [0.2, 0.25) is 0 Å². The molecule has 0 amide bonds. The van der Waals surface area contributed by atoms with Crippen molar-refractivity contribution in [3.05, 3.63) is 0 Å². The molecule has 0 bridgehead atoms. The summed E-state index contributed by atoms with van der Waals surface area (Å²) in [6.07, 6.45) is 1.83. The van der Waals surface area contributed by atoms with Crippen LogP contribution in [-0.4, -0.2) is 67.5 Å². The molecule has 4 N–H and O–H groups in total. The minimum Gasteiger partial charge on any atom is -0.462 e. The van der Waals surface area contributed by atoms with Gasteiger partial charge >= 0.3 is 11.9 Å². The van der Waals surface area contributed by atoms with Gasteiger partial charge in [-0.1, -0.05) is 27.7 Å². The zero-order valence-corrected chi connectivity index (χ0v) is 22.7.